The number of halogens is 2. The van der Waals surface area contributed by atoms with Crippen molar-refractivity contribution in [3.63, 3.8) is 0 Å². The Balaban J connectivity index is 0.00000338. The summed E-state index contributed by atoms with van der Waals surface area (Å²) in [6.07, 6.45) is 5.09. The molecule has 0 radical (unpaired) electrons. The number of rotatable bonds is 9. The molecule has 2 N–H and O–H groups in total. The maximum absolute atomic E-state index is 5.99. The van der Waals surface area contributed by atoms with Crippen molar-refractivity contribution < 1.29 is 4.52 Å². The zero-order valence-electron chi connectivity index (χ0n) is 15.0. The van der Waals surface area contributed by atoms with Crippen molar-refractivity contribution >= 4 is 53.3 Å². The molecule has 6 nitrogen and oxygen atoms in total. The van der Waals surface area contributed by atoms with Crippen LogP contribution in [0.15, 0.2) is 33.8 Å². The Morgan fingerprint density at radius 1 is 1.27 bits per heavy atom. The summed E-state index contributed by atoms with van der Waals surface area (Å²) < 4.78 is 5.29. The normalized spacial score (nSPS) is 11.1. The Morgan fingerprint density at radius 3 is 2.81 bits per heavy atom. The third-order valence-electron chi connectivity index (χ3n) is 3.47. The van der Waals surface area contributed by atoms with Crippen LogP contribution in [-0.4, -0.2) is 48.2 Å². The molecule has 0 aliphatic rings. The van der Waals surface area contributed by atoms with Crippen molar-refractivity contribution in [2.75, 3.05) is 32.1 Å². The molecule has 0 bridgehead atoms. The lowest BCUT2D eigenvalue weighted by atomic mass is 10.2. The number of unbranched alkanes of at least 4 members (excludes halogenated alkanes) is 1. The van der Waals surface area contributed by atoms with Gasteiger partial charge in [-0.25, -0.2) is 0 Å². The van der Waals surface area contributed by atoms with Crippen LogP contribution in [0.1, 0.15) is 18.7 Å². The minimum absolute atomic E-state index is 0. The number of hydrogen-bond donors (Lipinski definition) is 2. The summed E-state index contributed by atoms with van der Waals surface area (Å²) in [7, 11) is 1.77. The van der Waals surface area contributed by atoms with Crippen LogP contribution < -0.4 is 10.6 Å². The van der Waals surface area contributed by atoms with Gasteiger partial charge in [-0.2, -0.15) is 16.7 Å². The Morgan fingerprint density at radius 2 is 2.08 bits per heavy atom. The van der Waals surface area contributed by atoms with Gasteiger partial charge in [0.15, 0.2) is 5.96 Å². The number of guanidine groups is 1. The number of thioether (sulfide) groups is 1. The van der Waals surface area contributed by atoms with E-state index in [2.05, 4.69) is 32.0 Å². The van der Waals surface area contributed by atoms with E-state index < -0.39 is 0 Å². The number of hydrogen-bond acceptors (Lipinski definition) is 5. The van der Waals surface area contributed by atoms with E-state index in [1.807, 2.05) is 36.0 Å². The van der Waals surface area contributed by atoms with E-state index in [1.165, 1.54) is 12.2 Å². The van der Waals surface area contributed by atoms with Gasteiger partial charge >= 0.3 is 0 Å². The fourth-order valence-electron chi connectivity index (χ4n) is 2.19. The third-order valence-corrected chi connectivity index (χ3v) is 4.41. The van der Waals surface area contributed by atoms with E-state index in [0.717, 1.165) is 24.5 Å². The second-order valence-electron chi connectivity index (χ2n) is 5.40. The van der Waals surface area contributed by atoms with Crippen molar-refractivity contribution in [1.82, 2.24) is 20.8 Å². The first-order valence-electron chi connectivity index (χ1n) is 8.25. The quantitative estimate of drug-likeness (QED) is 0.231. The number of nitrogens with zero attached hydrogens (tertiary/aromatic N) is 3. The largest absolute Gasteiger partial charge is 0.356 e. The Kier molecular flexibility index (Phi) is 11.7. The average molecular weight is 510 g/mol. The van der Waals surface area contributed by atoms with E-state index in [9.17, 15) is 0 Å². The van der Waals surface area contributed by atoms with Crippen LogP contribution in [-0.2, 0) is 6.42 Å². The van der Waals surface area contributed by atoms with Gasteiger partial charge in [-0.15, -0.1) is 24.0 Å². The predicted molar refractivity (Wildman–Crippen MR) is 121 cm³/mol. The highest BCUT2D eigenvalue weighted by Crippen LogP contribution is 2.19. The van der Waals surface area contributed by atoms with Gasteiger partial charge < -0.3 is 15.2 Å². The molecule has 2 aromatic rings. The SMILES string of the molecule is CN=C(NCCCCSC)NCCc1nc(-c2cccc(Cl)c2)no1.I. The molecule has 0 saturated carbocycles. The van der Waals surface area contributed by atoms with Gasteiger partial charge in [0.25, 0.3) is 0 Å². The van der Waals surface area contributed by atoms with Crippen LogP contribution in [0.2, 0.25) is 5.02 Å². The topological polar surface area (TPSA) is 75.3 Å². The second-order valence-corrected chi connectivity index (χ2v) is 6.82. The summed E-state index contributed by atoms with van der Waals surface area (Å²) in [5.41, 5.74) is 0.846. The maximum atomic E-state index is 5.99. The molecule has 1 aromatic carbocycles. The van der Waals surface area contributed by atoms with E-state index >= 15 is 0 Å². The van der Waals surface area contributed by atoms with Gasteiger partial charge in [0.2, 0.25) is 11.7 Å². The van der Waals surface area contributed by atoms with Crippen LogP contribution >= 0.6 is 47.3 Å². The maximum Gasteiger partial charge on any atom is 0.228 e. The molecule has 1 aromatic heterocycles. The molecule has 9 heteroatoms. The summed E-state index contributed by atoms with van der Waals surface area (Å²) in [4.78, 5) is 8.61. The number of aliphatic imine (C=N–C) groups is 1. The first-order chi connectivity index (χ1) is 12.2. The molecule has 0 spiro atoms. The molecule has 144 valence electrons. The molecule has 0 amide bonds. The lowest BCUT2D eigenvalue weighted by Crippen LogP contribution is -2.38. The molecular formula is C17H25ClIN5OS. The van der Waals surface area contributed by atoms with Crippen LogP contribution in [0.3, 0.4) is 0 Å². The van der Waals surface area contributed by atoms with Gasteiger partial charge in [0, 0.05) is 37.1 Å². The van der Waals surface area contributed by atoms with E-state index in [1.54, 1.807) is 7.05 Å². The number of benzene rings is 1. The fraction of sp³-hybridized carbons (Fsp3) is 0.471. The van der Waals surface area contributed by atoms with Gasteiger partial charge in [-0.05, 0) is 37.0 Å². The summed E-state index contributed by atoms with van der Waals surface area (Å²) in [5.74, 6) is 3.12. The van der Waals surface area contributed by atoms with Gasteiger partial charge in [0.1, 0.15) is 0 Å². The fourth-order valence-corrected chi connectivity index (χ4v) is 2.87. The summed E-state index contributed by atoms with van der Waals surface area (Å²) in [6.45, 7) is 1.58. The Labute approximate surface area is 181 Å². The minimum atomic E-state index is 0. The van der Waals surface area contributed by atoms with Crippen LogP contribution in [0.25, 0.3) is 11.4 Å². The monoisotopic (exact) mass is 509 g/mol. The molecule has 0 aliphatic heterocycles. The first kappa shape index (κ1) is 23.0. The molecule has 2 rings (SSSR count). The van der Waals surface area contributed by atoms with Gasteiger partial charge in [-0.1, -0.05) is 28.9 Å². The summed E-state index contributed by atoms with van der Waals surface area (Å²) >= 11 is 7.86. The minimum Gasteiger partial charge on any atom is -0.356 e. The van der Waals surface area contributed by atoms with Crippen molar-refractivity contribution in [3.8, 4) is 11.4 Å². The highest BCUT2D eigenvalue weighted by Gasteiger charge is 2.09. The van der Waals surface area contributed by atoms with Gasteiger partial charge in [0.05, 0.1) is 0 Å². The number of nitrogens with one attached hydrogen (secondary N) is 2. The zero-order valence-corrected chi connectivity index (χ0v) is 18.9. The molecular weight excluding hydrogens is 485 g/mol. The van der Waals surface area contributed by atoms with Crippen molar-refractivity contribution in [2.45, 2.75) is 19.3 Å². The lowest BCUT2D eigenvalue weighted by molar-refractivity contribution is 0.378. The highest BCUT2D eigenvalue weighted by molar-refractivity contribution is 14.0. The molecule has 0 atom stereocenters. The first-order valence-corrected chi connectivity index (χ1v) is 10.0. The smallest absolute Gasteiger partial charge is 0.228 e. The Hall–Kier alpha value is -1.000. The van der Waals surface area contributed by atoms with Gasteiger partial charge in [-0.3, -0.25) is 4.99 Å². The standard InChI is InChI=1S/C17H24ClN5OS.HI/c1-19-17(20-9-3-4-11-25-2)21-10-8-15-22-16(23-24-15)13-6-5-7-14(18)12-13;/h5-7,12H,3-4,8-11H2,1-2H3,(H2,19,20,21);1H. The van der Waals surface area contributed by atoms with Crippen LogP contribution in [0.4, 0.5) is 0 Å². The second kappa shape index (κ2) is 13.2. The molecule has 0 aliphatic carbocycles. The molecule has 0 saturated heterocycles. The zero-order chi connectivity index (χ0) is 17.9. The number of aromatic nitrogens is 2. The average Bonchev–Trinajstić information content (AvgIpc) is 3.09. The molecule has 0 unspecified atom stereocenters. The van der Waals surface area contributed by atoms with Crippen molar-refractivity contribution in [2.24, 2.45) is 4.99 Å². The van der Waals surface area contributed by atoms with Crippen LogP contribution in [0, 0.1) is 0 Å². The molecule has 1 heterocycles. The predicted octanol–water partition coefficient (Wildman–Crippen LogP) is 3.86. The lowest BCUT2D eigenvalue weighted by Gasteiger charge is -2.10. The van der Waals surface area contributed by atoms with E-state index in [4.69, 9.17) is 16.1 Å². The Bertz CT molecular complexity index is 683. The summed E-state index contributed by atoms with van der Waals surface area (Å²) in [5, 5.41) is 11.2. The van der Waals surface area contributed by atoms with Crippen molar-refractivity contribution in [1.29, 1.82) is 0 Å². The van der Waals surface area contributed by atoms with E-state index in [0.29, 0.717) is 29.7 Å². The molecule has 0 fully saturated rings. The third kappa shape index (κ3) is 8.13. The van der Waals surface area contributed by atoms with Crippen molar-refractivity contribution in [3.05, 3.63) is 35.2 Å². The highest BCUT2D eigenvalue weighted by atomic mass is 127. The summed E-state index contributed by atoms with van der Waals surface area (Å²) in [6, 6.07) is 7.40. The van der Waals surface area contributed by atoms with E-state index in [-0.39, 0.29) is 24.0 Å². The van der Waals surface area contributed by atoms with Crippen LogP contribution in [0.5, 0.6) is 0 Å². The molecule has 26 heavy (non-hydrogen) atoms.